The maximum absolute atomic E-state index is 10.5. The molecular weight excluding hydrogens is 214 g/mol. The van der Waals surface area contributed by atoms with Crippen LogP contribution in [0.25, 0.3) is 5.82 Å². The molecule has 0 spiro atoms. The smallest absolute Gasteiger partial charge is 0.255 e. The standard InChI is InChI=1S/C7H7N7O2/c8-5(15)2-16-7-1-6(9-3-10-7)14-4-11-12-13-14/h1,3-4H,2H2,(H2,8,15). The minimum absolute atomic E-state index is 0.222. The largest absolute Gasteiger partial charge is 0.467 e. The van der Waals surface area contributed by atoms with Crippen LogP contribution in [0.15, 0.2) is 18.7 Å². The van der Waals surface area contributed by atoms with E-state index in [-0.39, 0.29) is 12.5 Å². The van der Waals surface area contributed by atoms with Gasteiger partial charge in [0.2, 0.25) is 5.88 Å². The van der Waals surface area contributed by atoms with Crippen LogP contribution >= 0.6 is 0 Å². The third-order valence-corrected chi connectivity index (χ3v) is 1.57. The van der Waals surface area contributed by atoms with Crippen molar-refractivity contribution >= 4 is 5.91 Å². The van der Waals surface area contributed by atoms with E-state index in [2.05, 4.69) is 25.5 Å². The van der Waals surface area contributed by atoms with E-state index in [9.17, 15) is 4.79 Å². The van der Waals surface area contributed by atoms with Crippen LogP contribution in [-0.4, -0.2) is 42.7 Å². The van der Waals surface area contributed by atoms with Crippen LogP contribution in [-0.2, 0) is 4.79 Å². The number of hydrogen-bond acceptors (Lipinski definition) is 7. The Morgan fingerprint density at radius 3 is 3.06 bits per heavy atom. The first-order valence-electron chi connectivity index (χ1n) is 4.22. The first kappa shape index (κ1) is 9.96. The molecule has 1 amide bonds. The van der Waals surface area contributed by atoms with Crippen LogP contribution in [0.1, 0.15) is 0 Å². The minimum atomic E-state index is -0.581. The molecule has 2 heterocycles. The Labute approximate surface area is 89.3 Å². The van der Waals surface area contributed by atoms with Crippen LogP contribution in [0.5, 0.6) is 5.88 Å². The quantitative estimate of drug-likeness (QED) is 0.653. The molecule has 9 heteroatoms. The number of nitrogens with zero attached hydrogens (tertiary/aromatic N) is 6. The maximum atomic E-state index is 10.5. The van der Waals surface area contributed by atoms with Crippen LogP contribution in [0.3, 0.4) is 0 Å². The Kier molecular flexibility index (Phi) is 2.67. The van der Waals surface area contributed by atoms with Gasteiger partial charge in [0.1, 0.15) is 12.7 Å². The molecule has 2 aromatic rings. The van der Waals surface area contributed by atoms with Gasteiger partial charge in [0.25, 0.3) is 5.91 Å². The van der Waals surface area contributed by atoms with Crippen LogP contribution in [0, 0.1) is 0 Å². The van der Waals surface area contributed by atoms with Gasteiger partial charge in [-0.1, -0.05) is 0 Å². The van der Waals surface area contributed by atoms with Gasteiger partial charge in [0.15, 0.2) is 12.4 Å². The van der Waals surface area contributed by atoms with Crippen molar-refractivity contribution in [3.8, 4) is 11.7 Å². The summed E-state index contributed by atoms with van der Waals surface area (Å²) in [4.78, 5) is 18.2. The highest BCUT2D eigenvalue weighted by molar-refractivity contribution is 5.75. The molecule has 0 aromatic carbocycles. The number of tetrazole rings is 1. The molecule has 0 radical (unpaired) electrons. The van der Waals surface area contributed by atoms with E-state index in [1.54, 1.807) is 0 Å². The average molecular weight is 221 g/mol. The summed E-state index contributed by atoms with van der Waals surface area (Å²) in [6.07, 6.45) is 2.65. The number of amides is 1. The number of carbonyl (C=O) groups excluding carboxylic acids is 1. The lowest BCUT2D eigenvalue weighted by Crippen LogP contribution is -2.20. The van der Waals surface area contributed by atoms with Crippen LogP contribution in [0.4, 0.5) is 0 Å². The van der Waals surface area contributed by atoms with E-state index in [1.165, 1.54) is 23.4 Å². The van der Waals surface area contributed by atoms with Crippen LogP contribution in [0.2, 0.25) is 0 Å². The maximum Gasteiger partial charge on any atom is 0.255 e. The Bertz CT molecular complexity index is 483. The van der Waals surface area contributed by atoms with Crippen molar-refractivity contribution in [3.63, 3.8) is 0 Å². The fourth-order valence-corrected chi connectivity index (χ4v) is 0.945. The first-order chi connectivity index (χ1) is 7.75. The number of nitrogens with two attached hydrogens (primary N) is 1. The summed E-state index contributed by atoms with van der Waals surface area (Å²) < 4.78 is 6.33. The van der Waals surface area contributed by atoms with Crippen molar-refractivity contribution in [2.24, 2.45) is 5.73 Å². The second kappa shape index (κ2) is 4.29. The minimum Gasteiger partial charge on any atom is -0.467 e. The number of rotatable bonds is 4. The highest BCUT2D eigenvalue weighted by Gasteiger charge is 2.04. The Hall–Kier alpha value is -2.58. The van der Waals surface area contributed by atoms with Gasteiger partial charge in [-0.25, -0.2) is 9.97 Å². The lowest BCUT2D eigenvalue weighted by Gasteiger charge is -2.03. The molecule has 82 valence electrons. The normalized spacial score (nSPS) is 10.0. The topological polar surface area (TPSA) is 122 Å². The molecule has 0 saturated heterocycles. The molecule has 0 fully saturated rings. The van der Waals surface area contributed by atoms with Gasteiger partial charge < -0.3 is 10.5 Å². The number of aromatic nitrogens is 6. The predicted molar refractivity (Wildman–Crippen MR) is 49.4 cm³/mol. The van der Waals surface area contributed by atoms with Crippen LogP contribution < -0.4 is 10.5 Å². The summed E-state index contributed by atoms with van der Waals surface area (Å²) in [5.41, 5.74) is 4.93. The SMILES string of the molecule is NC(=O)COc1cc(-n2cnnn2)ncn1. The molecule has 0 aliphatic carbocycles. The molecule has 0 bridgehead atoms. The summed E-state index contributed by atoms with van der Waals surface area (Å²) in [6, 6.07) is 1.49. The van der Waals surface area contributed by atoms with Crippen molar-refractivity contribution in [3.05, 3.63) is 18.7 Å². The highest BCUT2D eigenvalue weighted by Crippen LogP contribution is 2.08. The molecule has 0 saturated carbocycles. The van der Waals surface area contributed by atoms with Crippen molar-refractivity contribution < 1.29 is 9.53 Å². The van der Waals surface area contributed by atoms with Gasteiger partial charge in [-0.05, 0) is 10.4 Å². The first-order valence-corrected chi connectivity index (χ1v) is 4.22. The number of ether oxygens (including phenoxy) is 1. The zero-order chi connectivity index (χ0) is 11.4. The number of primary amides is 1. The second-order valence-electron chi connectivity index (χ2n) is 2.72. The van der Waals surface area contributed by atoms with E-state index < -0.39 is 5.91 Å². The van der Waals surface area contributed by atoms with Gasteiger partial charge in [-0.15, -0.1) is 5.10 Å². The molecule has 9 nitrogen and oxygen atoms in total. The molecule has 16 heavy (non-hydrogen) atoms. The van der Waals surface area contributed by atoms with E-state index in [4.69, 9.17) is 10.5 Å². The second-order valence-corrected chi connectivity index (χ2v) is 2.72. The van der Waals surface area contributed by atoms with Gasteiger partial charge in [-0.2, -0.15) is 4.68 Å². The summed E-state index contributed by atoms with van der Waals surface area (Å²) in [5, 5.41) is 10.6. The molecule has 0 atom stereocenters. The van der Waals surface area contributed by atoms with E-state index >= 15 is 0 Å². The lowest BCUT2D eigenvalue weighted by molar-refractivity contribution is -0.120. The summed E-state index contributed by atoms with van der Waals surface area (Å²) >= 11 is 0. The van der Waals surface area contributed by atoms with Crippen molar-refractivity contribution in [1.29, 1.82) is 0 Å². The number of carbonyl (C=O) groups is 1. The molecule has 0 unspecified atom stereocenters. The Morgan fingerprint density at radius 1 is 1.50 bits per heavy atom. The third-order valence-electron chi connectivity index (χ3n) is 1.57. The molecular formula is C7H7N7O2. The monoisotopic (exact) mass is 221 g/mol. The van der Waals surface area contributed by atoms with Gasteiger partial charge >= 0.3 is 0 Å². The zero-order valence-electron chi connectivity index (χ0n) is 8.02. The third kappa shape index (κ3) is 2.26. The van der Waals surface area contributed by atoms with E-state index in [0.717, 1.165) is 0 Å². The zero-order valence-corrected chi connectivity index (χ0v) is 8.02. The molecule has 2 N–H and O–H groups in total. The molecule has 2 rings (SSSR count). The van der Waals surface area contributed by atoms with Crippen molar-refractivity contribution in [2.75, 3.05) is 6.61 Å². The van der Waals surface area contributed by atoms with E-state index in [1.807, 2.05) is 0 Å². The van der Waals surface area contributed by atoms with Gasteiger partial charge in [-0.3, -0.25) is 4.79 Å². The molecule has 2 aromatic heterocycles. The highest BCUT2D eigenvalue weighted by atomic mass is 16.5. The Balaban J connectivity index is 2.17. The number of hydrogen-bond donors (Lipinski definition) is 1. The lowest BCUT2D eigenvalue weighted by atomic mass is 10.5. The van der Waals surface area contributed by atoms with Crippen molar-refractivity contribution in [1.82, 2.24) is 30.2 Å². The van der Waals surface area contributed by atoms with Crippen molar-refractivity contribution in [2.45, 2.75) is 0 Å². The van der Waals surface area contributed by atoms with E-state index in [0.29, 0.717) is 5.82 Å². The summed E-state index contributed by atoms with van der Waals surface area (Å²) in [6.45, 7) is -0.244. The fourth-order valence-electron chi connectivity index (χ4n) is 0.945. The molecule has 0 aliphatic heterocycles. The van der Waals surface area contributed by atoms with Gasteiger partial charge in [0.05, 0.1) is 0 Å². The average Bonchev–Trinajstić information content (AvgIpc) is 2.80. The summed E-state index contributed by atoms with van der Waals surface area (Å²) in [7, 11) is 0. The summed E-state index contributed by atoms with van der Waals surface area (Å²) in [5.74, 6) is 0.0707. The fraction of sp³-hybridized carbons (Fsp3) is 0.143. The molecule has 0 aliphatic rings. The predicted octanol–water partition coefficient (Wildman–Crippen LogP) is -1.68. The Morgan fingerprint density at radius 2 is 2.38 bits per heavy atom. The van der Waals surface area contributed by atoms with Gasteiger partial charge in [0, 0.05) is 6.07 Å².